The van der Waals surface area contributed by atoms with Crippen LogP contribution in [-0.2, 0) is 15.3 Å². The molecule has 0 radical (unpaired) electrons. The summed E-state index contributed by atoms with van der Waals surface area (Å²) in [6.45, 7) is 3.32. The van der Waals surface area contributed by atoms with Gasteiger partial charge in [-0.05, 0) is 18.6 Å². The van der Waals surface area contributed by atoms with E-state index in [2.05, 4.69) is 37.3 Å². The van der Waals surface area contributed by atoms with E-state index < -0.39 is 5.79 Å². The van der Waals surface area contributed by atoms with Crippen LogP contribution >= 0.6 is 0 Å². The Labute approximate surface area is 119 Å². The Hall–Kier alpha value is -1.90. The van der Waals surface area contributed by atoms with Crippen LogP contribution in [-0.4, -0.2) is 13.2 Å². The summed E-state index contributed by atoms with van der Waals surface area (Å²) in [5, 5.41) is 0. The summed E-state index contributed by atoms with van der Waals surface area (Å²) in [4.78, 5) is 0. The first-order valence-corrected chi connectivity index (χ1v) is 6.88. The van der Waals surface area contributed by atoms with Gasteiger partial charge in [0.2, 0.25) is 5.79 Å². The predicted octanol–water partition coefficient (Wildman–Crippen LogP) is 3.91. The lowest BCUT2D eigenvalue weighted by atomic mass is 10.0. The van der Waals surface area contributed by atoms with E-state index in [-0.39, 0.29) is 0 Å². The third-order valence-electron chi connectivity index (χ3n) is 3.47. The predicted molar refractivity (Wildman–Crippen MR) is 80.2 cm³/mol. The van der Waals surface area contributed by atoms with E-state index in [9.17, 15) is 0 Å². The summed E-state index contributed by atoms with van der Waals surface area (Å²) in [7, 11) is 0. The van der Waals surface area contributed by atoms with Crippen molar-refractivity contribution >= 4 is 6.08 Å². The van der Waals surface area contributed by atoms with Gasteiger partial charge < -0.3 is 9.47 Å². The van der Waals surface area contributed by atoms with Crippen molar-refractivity contribution in [3.63, 3.8) is 0 Å². The molecule has 0 amide bonds. The molecule has 0 N–H and O–H groups in total. The molecule has 1 heterocycles. The van der Waals surface area contributed by atoms with Gasteiger partial charge in [0.25, 0.3) is 0 Å². The van der Waals surface area contributed by atoms with Crippen molar-refractivity contribution in [3.05, 3.63) is 77.4 Å². The van der Waals surface area contributed by atoms with Crippen LogP contribution in [0.25, 0.3) is 6.08 Å². The van der Waals surface area contributed by atoms with E-state index in [0.717, 1.165) is 11.1 Å². The van der Waals surface area contributed by atoms with Crippen LogP contribution in [0.15, 0.2) is 60.7 Å². The molecular weight excluding hydrogens is 248 g/mol. The van der Waals surface area contributed by atoms with Gasteiger partial charge in [-0.3, -0.25) is 0 Å². The zero-order valence-electron chi connectivity index (χ0n) is 11.6. The SMILES string of the molecule is Cc1ccc(/C=C/C2(c3ccccc3)OCCO2)cc1. The van der Waals surface area contributed by atoms with Crippen molar-refractivity contribution in [2.45, 2.75) is 12.7 Å². The van der Waals surface area contributed by atoms with Crippen molar-refractivity contribution in [2.75, 3.05) is 13.2 Å². The Balaban J connectivity index is 1.90. The molecule has 20 heavy (non-hydrogen) atoms. The van der Waals surface area contributed by atoms with Crippen molar-refractivity contribution in [1.29, 1.82) is 0 Å². The maximum Gasteiger partial charge on any atom is 0.215 e. The number of aryl methyl sites for hydroxylation is 1. The minimum Gasteiger partial charge on any atom is -0.340 e. The van der Waals surface area contributed by atoms with Crippen LogP contribution in [0.4, 0.5) is 0 Å². The standard InChI is InChI=1S/C18H18O2/c1-15-7-9-16(10-8-15)11-12-18(19-13-14-20-18)17-5-3-2-4-6-17/h2-12H,13-14H2,1H3/b12-11+. The average molecular weight is 266 g/mol. The van der Waals surface area contributed by atoms with Crippen LogP contribution in [0.2, 0.25) is 0 Å². The molecule has 2 nitrogen and oxygen atoms in total. The summed E-state index contributed by atoms with van der Waals surface area (Å²) < 4.78 is 11.7. The smallest absolute Gasteiger partial charge is 0.215 e. The zero-order valence-corrected chi connectivity index (χ0v) is 11.6. The second-order valence-corrected chi connectivity index (χ2v) is 4.97. The lowest BCUT2D eigenvalue weighted by Gasteiger charge is -2.24. The molecule has 2 aromatic rings. The number of rotatable bonds is 3. The minimum atomic E-state index is -0.744. The molecule has 0 aliphatic carbocycles. The number of ether oxygens (including phenoxy) is 2. The van der Waals surface area contributed by atoms with E-state index >= 15 is 0 Å². The van der Waals surface area contributed by atoms with Gasteiger partial charge in [0.05, 0.1) is 13.2 Å². The maximum atomic E-state index is 5.86. The summed E-state index contributed by atoms with van der Waals surface area (Å²) in [6.07, 6.45) is 4.05. The van der Waals surface area contributed by atoms with Crippen molar-refractivity contribution in [1.82, 2.24) is 0 Å². The van der Waals surface area contributed by atoms with Crippen LogP contribution in [0.1, 0.15) is 16.7 Å². The van der Waals surface area contributed by atoms with E-state index in [1.54, 1.807) is 0 Å². The molecule has 1 fully saturated rings. The Morgan fingerprint density at radius 1 is 0.900 bits per heavy atom. The highest BCUT2D eigenvalue weighted by atomic mass is 16.7. The normalized spacial score (nSPS) is 17.6. The molecule has 3 rings (SSSR count). The Morgan fingerprint density at radius 2 is 1.55 bits per heavy atom. The Bertz CT molecular complexity index is 579. The van der Waals surface area contributed by atoms with Gasteiger partial charge in [-0.25, -0.2) is 0 Å². The Morgan fingerprint density at radius 3 is 2.20 bits per heavy atom. The van der Waals surface area contributed by atoms with Gasteiger partial charge >= 0.3 is 0 Å². The lowest BCUT2D eigenvalue weighted by molar-refractivity contribution is -0.122. The fourth-order valence-corrected chi connectivity index (χ4v) is 2.34. The van der Waals surface area contributed by atoms with E-state index in [4.69, 9.17) is 9.47 Å². The summed E-state index contributed by atoms with van der Waals surface area (Å²) in [5.74, 6) is -0.744. The highest BCUT2D eigenvalue weighted by molar-refractivity contribution is 5.51. The van der Waals surface area contributed by atoms with Crippen LogP contribution in [0, 0.1) is 6.92 Å². The first-order chi connectivity index (χ1) is 9.78. The van der Waals surface area contributed by atoms with Crippen molar-refractivity contribution in [3.8, 4) is 0 Å². The fraction of sp³-hybridized carbons (Fsp3) is 0.222. The van der Waals surface area contributed by atoms with Crippen LogP contribution < -0.4 is 0 Å². The largest absolute Gasteiger partial charge is 0.340 e. The topological polar surface area (TPSA) is 18.5 Å². The quantitative estimate of drug-likeness (QED) is 0.838. The molecule has 0 atom stereocenters. The average Bonchev–Trinajstić information content (AvgIpc) is 2.98. The molecule has 0 unspecified atom stereocenters. The van der Waals surface area contributed by atoms with Crippen LogP contribution in [0.3, 0.4) is 0 Å². The molecule has 1 aliphatic rings. The third-order valence-corrected chi connectivity index (χ3v) is 3.47. The molecule has 2 aromatic carbocycles. The zero-order chi connectivity index (χ0) is 13.8. The summed E-state index contributed by atoms with van der Waals surface area (Å²) >= 11 is 0. The lowest BCUT2D eigenvalue weighted by Crippen LogP contribution is -2.24. The molecule has 102 valence electrons. The molecule has 0 spiro atoms. The molecule has 0 aromatic heterocycles. The molecule has 2 heteroatoms. The summed E-state index contributed by atoms with van der Waals surface area (Å²) in [5.41, 5.74) is 3.43. The summed E-state index contributed by atoms with van der Waals surface area (Å²) in [6, 6.07) is 18.5. The van der Waals surface area contributed by atoms with E-state index in [1.807, 2.05) is 36.4 Å². The minimum absolute atomic E-state index is 0.618. The van der Waals surface area contributed by atoms with Crippen LogP contribution in [0.5, 0.6) is 0 Å². The van der Waals surface area contributed by atoms with Gasteiger partial charge in [0.15, 0.2) is 0 Å². The molecule has 1 aliphatic heterocycles. The maximum absolute atomic E-state index is 5.86. The van der Waals surface area contributed by atoms with Gasteiger partial charge in [-0.2, -0.15) is 0 Å². The number of benzene rings is 2. The molecular formula is C18H18O2. The van der Waals surface area contributed by atoms with E-state index in [0.29, 0.717) is 13.2 Å². The van der Waals surface area contributed by atoms with Crippen molar-refractivity contribution in [2.24, 2.45) is 0 Å². The third kappa shape index (κ3) is 2.67. The number of hydrogen-bond acceptors (Lipinski definition) is 2. The number of hydrogen-bond donors (Lipinski definition) is 0. The highest BCUT2D eigenvalue weighted by Gasteiger charge is 2.35. The van der Waals surface area contributed by atoms with Gasteiger partial charge in [0.1, 0.15) is 0 Å². The molecule has 0 saturated carbocycles. The van der Waals surface area contributed by atoms with Crippen molar-refractivity contribution < 1.29 is 9.47 Å². The first kappa shape index (κ1) is 13.1. The second-order valence-electron chi connectivity index (χ2n) is 4.97. The fourth-order valence-electron chi connectivity index (χ4n) is 2.34. The highest BCUT2D eigenvalue weighted by Crippen LogP contribution is 2.33. The molecule has 1 saturated heterocycles. The van der Waals surface area contributed by atoms with E-state index in [1.165, 1.54) is 5.56 Å². The second kappa shape index (κ2) is 5.61. The molecule has 0 bridgehead atoms. The monoisotopic (exact) mass is 266 g/mol. The Kier molecular flexibility index (Phi) is 3.68. The van der Waals surface area contributed by atoms with Gasteiger partial charge in [-0.15, -0.1) is 0 Å². The van der Waals surface area contributed by atoms with Gasteiger partial charge in [-0.1, -0.05) is 66.2 Å². The van der Waals surface area contributed by atoms with Gasteiger partial charge in [0, 0.05) is 5.56 Å². The first-order valence-electron chi connectivity index (χ1n) is 6.88.